The van der Waals surface area contributed by atoms with Gasteiger partial charge in [-0.15, -0.1) is 0 Å². The molecule has 5 heteroatoms. The van der Waals surface area contributed by atoms with Crippen molar-refractivity contribution in [2.75, 3.05) is 5.32 Å². The van der Waals surface area contributed by atoms with Gasteiger partial charge in [0.2, 0.25) is 5.91 Å². The number of nitrogens with one attached hydrogen (secondary N) is 1. The quantitative estimate of drug-likeness (QED) is 0.838. The van der Waals surface area contributed by atoms with E-state index >= 15 is 0 Å². The average Bonchev–Trinajstić information content (AvgIpc) is 2.42. The second-order valence-corrected chi connectivity index (χ2v) is 5.18. The Kier molecular flexibility index (Phi) is 5.97. The van der Waals surface area contributed by atoms with Gasteiger partial charge in [0.05, 0.1) is 11.1 Å². The Bertz CT molecular complexity index is 519. The molecule has 0 aliphatic carbocycles. The second kappa shape index (κ2) is 7.25. The Hall–Kier alpha value is -1.60. The van der Waals surface area contributed by atoms with Crippen molar-refractivity contribution in [2.45, 2.75) is 39.5 Å². The lowest BCUT2D eigenvalue weighted by Crippen LogP contribution is -2.35. The third-order valence-corrected chi connectivity index (χ3v) is 3.47. The zero-order valence-corrected chi connectivity index (χ0v) is 12.4. The van der Waals surface area contributed by atoms with E-state index < -0.39 is 11.2 Å². The number of benzene rings is 1. The molecule has 0 radical (unpaired) electrons. The number of carbonyl (C=O) groups excluding carboxylic acids is 1. The molecule has 0 aromatic heterocycles. The largest absolute Gasteiger partial charge is 0.325 e. The van der Waals surface area contributed by atoms with E-state index in [1.165, 1.54) is 18.2 Å². The molecule has 1 aromatic rings. The number of nitrogens with zero attached hydrogens (tertiary/aromatic N) is 1. The molecule has 20 heavy (non-hydrogen) atoms. The van der Waals surface area contributed by atoms with Crippen LogP contribution in [0.15, 0.2) is 18.2 Å². The highest BCUT2D eigenvalue weighted by Crippen LogP contribution is 2.31. The number of nitriles is 1. The van der Waals surface area contributed by atoms with E-state index in [-0.39, 0.29) is 10.9 Å². The van der Waals surface area contributed by atoms with Crippen LogP contribution >= 0.6 is 11.6 Å². The molecular formula is C15H18ClFN2O. The van der Waals surface area contributed by atoms with Crippen LogP contribution in [-0.4, -0.2) is 5.91 Å². The minimum Gasteiger partial charge on any atom is -0.325 e. The third kappa shape index (κ3) is 3.71. The normalized spacial score (nSPS) is 10.9. The van der Waals surface area contributed by atoms with Gasteiger partial charge in [0, 0.05) is 5.69 Å². The van der Waals surface area contributed by atoms with Gasteiger partial charge in [0.25, 0.3) is 0 Å². The molecule has 0 heterocycles. The molecule has 0 unspecified atom stereocenters. The van der Waals surface area contributed by atoms with E-state index in [1.54, 1.807) is 0 Å². The lowest BCUT2D eigenvalue weighted by atomic mass is 9.79. The van der Waals surface area contributed by atoms with Crippen molar-refractivity contribution in [1.29, 1.82) is 5.26 Å². The molecule has 108 valence electrons. The molecule has 0 aliphatic rings. The van der Waals surface area contributed by atoms with Crippen LogP contribution in [0.3, 0.4) is 0 Å². The monoisotopic (exact) mass is 296 g/mol. The molecule has 0 saturated heterocycles. The highest BCUT2D eigenvalue weighted by atomic mass is 35.5. The molecule has 0 fully saturated rings. The van der Waals surface area contributed by atoms with E-state index in [2.05, 4.69) is 11.4 Å². The summed E-state index contributed by atoms with van der Waals surface area (Å²) < 4.78 is 13.1. The van der Waals surface area contributed by atoms with Gasteiger partial charge in [0.1, 0.15) is 11.2 Å². The molecule has 1 aromatic carbocycles. The van der Waals surface area contributed by atoms with E-state index in [4.69, 9.17) is 11.6 Å². The lowest BCUT2D eigenvalue weighted by Gasteiger charge is -2.24. The van der Waals surface area contributed by atoms with E-state index in [1.807, 2.05) is 13.8 Å². The predicted octanol–water partition coefficient (Wildman–Crippen LogP) is 4.53. The van der Waals surface area contributed by atoms with Crippen molar-refractivity contribution in [3.05, 3.63) is 29.0 Å². The van der Waals surface area contributed by atoms with Crippen molar-refractivity contribution in [1.82, 2.24) is 0 Å². The van der Waals surface area contributed by atoms with Gasteiger partial charge in [-0.2, -0.15) is 5.26 Å². The Balaban J connectivity index is 2.96. The van der Waals surface area contributed by atoms with Crippen molar-refractivity contribution in [2.24, 2.45) is 5.41 Å². The van der Waals surface area contributed by atoms with E-state index in [0.717, 1.165) is 12.8 Å². The van der Waals surface area contributed by atoms with Crippen molar-refractivity contribution >= 4 is 23.2 Å². The first-order valence-corrected chi connectivity index (χ1v) is 7.04. The summed E-state index contributed by atoms with van der Waals surface area (Å²) in [5.74, 6) is -0.898. The maximum atomic E-state index is 13.1. The third-order valence-electron chi connectivity index (χ3n) is 3.18. The van der Waals surface area contributed by atoms with Gasteiger partial charge in [-0.25, -0.2) is 4.39 Å². The highest BCUT2D eigenvalue weighted by molar-refractivity contribution is 6.31. The molecule has 1 N–H and O–H groups in total. The van der Waals surface area contributed by atoms with Crippen LogP contribution in [0.1, 0.15) is 39.5 Å². The van der Waals surface area contributed by atoms with Crippen LogP contribution in [0.25, 0.3) is 0 Å². The first-order valence-electron chi connectivity index (χ1n) is 6.67. The summed E-state index contributed by atoms with van der Waals surface area (Å²) in [6.07, 6.45) is 2.48. The summed E-state index contributed by atoms with van der Waals surface area (Å²) >= 11 is 5.68. The number of anilines is 1. The minimum absolute atomic E-state index is 0.0589. The molecule has 0 spiro atoms. The van der Waals surface area contributed by atoms with Gasteiger partial charge in [0.15, 0.2) is 0 Å². The summed E-state index contributed by atoms with van der Waals surface area (Å²) in [5, 5.41) is 12.0. The van der Waals surface area contributed by atoms with Gasteiger partial charge in [-0.3, -0.25) is 4.79 Å². The first-order chi connectivity index (χ1) is 9.49. The molecule has 0 aliphatic heterocycles. The van der Waals surface area contributed by atoms with Crippen LogP contribution in [-0.2, 0) is 4.79 Å². The molecule has 0 saturated carbocycles. The number of hydrogen-bond donors (Lipinski definition) is 1. The Morgan fingerprint density at radius 1 is 1.40 bits per heavy atom. The van der Waals surface area contributed by atoms with E-state index in [9.17, 15) is 14.4 Å². The number of rotatable bonds is 6. The van der Waals surface area contributed by atoms with Crippen molar-refractivity contribution in [3.63, 3.8) is 0 Å². The zero-order valence-electron chi connectivity index (χ0n) is 11.7. The van der Waals surface area contributed by atoms with Crippen LogP contribution in [0.4, 0.5) is 10.1 Å². The number of amides is 1. The van der Waals surface area contributed by atoms with Crippen LogP contribution in [0.5, 0.6) is 0 Å². The fourth-order valence-corrected chi connectivity index (χ4v) is 2.37. The summed E-state index contributed by atoms with van der Waals surface area (Å²) in [6, 6.07) is 6.10. The summed E-state index contributed by atoms with van der Waals surface area (Å²) in [6.45, 7) is 3.87. The molecule has 0 atom stereocenters. The fraction of sp³-hybridized carbons (Fsp3) is 0.467. The Morgan fingerprint density at radius 3 is 2.45 bits per heavy atom. The Labute approximate surface area is 123 Å². The van der Waals surface area contributed by atoms with Crippen LogP contribution < -0.4 is 5.32 Å². The van der Waals surface area contributed by atoms with Crippen LogP contribution in [0, 0.1) is 22.6 Å². The summed E-state index contributed by atoms with van der Waals surface area (Å²) in [4.78, 5) is 12.4. The molecule has 0 bridgehead atoms. The molecule has 1 rings (SSSR count). The summed E-state index contributed by atoms with van der Waals surface area (Å²) in [7, 11) is 0. The summed E-state index contributed by atoms with van der Waals surface area (Å²) in [5.41, 5.74) is -0.641. The van der Waals surface area contributed by atoms with Crippen molar-refractivity contribution < 1.29 is 9.18 Å². The van der Waals surface area contributed by atoms with Gasteiger partial charge < -0.3 is 5.32 Å². The maximum absolute atomic E-state index is 13.1. The lowest BCUT2D eigenvalue weighted by molar-refractivity contribution is -0.123. The standard InChI is InChI=1S/C15H18ClFN2O/c1-3-7-15(10-18,8-4-2)14(20)19-11-5-6-13(17)12(16)9-11/h5-6,9H,3-4,7-8H2,1-2H3,(H,19,20). The molecular weight excluding hydrogens is 279 g/mol. The highest BCUT2D eigenvalue weighted by Gasteiger charge is 2.37. The van der Waals surface area contributed by atoms with E-state index in [0.29, 0.717) is 18.5 Å². The fourth-order valence-electron chi connectivity index (χ4n) is 2.19. The zero-order chi connectivity index (χ0) is 15.2. The van der Waals surface area contributed by atoms with Crippen molar-refractivity contribution in [3.8, 4) is 6.07 Å². The van der Waals surface area contributed by atoms with Gasteiger partial charge in [-0.05, 0) is 31.0 Å². The Morgan fingerprint density at radius 2 is 2.00 bits per heavy atom. The topological polar surface area (TPSA) is 52.9 Å². The smallest absolute Gasteiger partial charge is 0.244 e. The minimum atomic E-state index is -1.04. The maximum Gasteiger partial charge on any atom is 0.244 e. The van der Waals surface area contributed by atoms with Crippen LogP contribution in [0.2, 0.25) is 5.02 Å². The number of hydrogen-bond acceptors (Lipinski definition) is 2. The molecule has 1 amide bonds. The number of carbonyl (C=O) groups is 1. The number of halogens is 2. The molecule has 3 nitrogen and oxygen atoms in total. The second-order valence-electron chi connectivity index (χ2n) is 4.78. The SMILES string of the molecule is CCCC(C#N)(CCC)C(=O)Nc1ccc(F)c(Cl)c1. The average molecular weight is 297 g/mol. The predicted molar refractivity (Wildman–Crippen MR) is 77.9 cm³/mol. The first kappa shape index (κ1) is 16.5. The van der Waals surface area contributed by atoms with Gasteiger partial charge >= 0.3 is 0 Å². The van der Waals surface area contributed by atoms with Gasteiger partial charge in [-0.1, -0.05) is 38.3 Å².